The quantitative estimate of drug-likeness (QED) is 0.504. The summed E-state index contributed by atoms with van der Waals surface area (Å²) < 4.78 is 0. The Morgan fingerprint density at radius 2 is 0.840 bits per heavy atom. The lowest BCUT2D eigenvalue weighted by molar-refractivity contribution is 0.651. The summed E-state index contributed by atoms with van der Waals surface area (Å²) in [7, 11) is 0. The lowest BCUT2D eigenvalue weighted by Gasteiger charge is -2.44. The molecule has 2 bridgehead atoms. The Hall–Kier alpha value is -1.96. The molecule has 0 unspecified atom stereocenters. The maximum absolute atomic E-state index is 2.46. The van der Waals surface area contributed by atoms with E-state index in [0.717, 1.165) is 19.8 Å². The van der Waals surface area contributed by atoms with Gasteiger partial charge >= 0.3 is 0 Å². The van der Waals surface area contributed by atoms with Crippen LogP contribution in [0.3, 0.4) is 0 Å². The van der Waals surface area contributed by atoms with E-state index < -0.39 is 0 Å². The van der Waals surface area contributed by atoms with Crippen molar-refractivity contribution in [3.63, 3.8) is 0 Å². The lowest BCUT2D eigenvalue weighted by atomic mass is 10.0. The van der Waals surface area contributed by atoms with Crippen LogP contribution in [0.4, 0.5) is 11.4 Å². The minimum absolute atomic E-state index is 1.02. The third-order valence-electron chi connectivity index (χ3n) is 3.73. The van der Waals surface area contributed by atoms with Gasteiger partial charge in [-0.2, -0.15) is 0 Å². The highest BCUT2D eigenvalue weighted by Gasteiger charge is 2.28. The summed E-state index contributed by atoms with van der Waals surface area (Å²) in [4.78, 5) is 4.92. The third-order valence-corrected chi connectivity index (χ3v) is 3.73. The first-order chi connectivity index (χ1) is 12.4. The van der Waals surface area contributed by atoms with Crippen molar-refractivity contribution in [1.82, 2.24) is 0 Å². The summed E-state index contributed by atoms with van der Waals surface area (Å²) in [5.74, 6) is 0. The second-order valence-electron chi connectivity index (χ2n) is 4.79. The molecule has 4 rings (SSSR count). The monoisotopic (exact) mass is 342 g/mol. The fourth-order valence-electron chi connectivity index (χ4n) is 2.95. The Bertz CT molecular complexity index is 526. The molecular formula is C23H38N2. The topological polar surface area (TPSA) is 6.48 Å². The number of hydrogen-bond acceptors (Lipinski definition) is 2. The Balaban J connectivity index is 0.000000642. The number of nitrogens with zero attached hydrogens (tertiary/aromatic N) is 2. The number of benzene rings is 2. The van der Waals surface area contributed by atoms with Crippen LogP contribution in [0.25, 0.3) is 0 Å². The fourth-order valence-corrected chi connectivity index (χ4v) is 2.95. The standard InChI is InChI=1S/C15H14N2.4C2H6/c1-3-7-14-12(5-1)9-16-11-17(14)10-13-6-2-4-8-15(13)16;4*1-2/h1-8H,9-11H2;4*1-2H3. The summed E-state index contributed by atoms with van der Waals surface area (Å²) in [6.07, 6.45) is 0. The van der Waals surface area contributed by atoms with Gasteiger partial charge in [0.15, 0.2) is 0 Å². The molecule has 2 nitrogen and oxygen atoms in total. The minimum Gasteiger partial charge on any atom is -0.349 e. The van der Waals surface area contributed by atoms with Crippen LogP contribution in [0.5, 0.6) is 0 Å². The van der Waals surface area contributed by atoms with Gasteiger partial charge < -0.3 is 9.80 Å². The van der Waals surface area contributed by atoms with Crippen molar-refractivity contribution < 1.29 is 0 Å². The summed E-state index contributed by atoms with van der Waals surface area (Å²) in [6, 6.07) is 17.5. The summed E-state index contributed by atoms with van der Waals surface area (Å²) in [5, 5.41) is 0. The second kappa shape index (κ2) is 13.3. The molecular weight excluding hydrogens is 304 g/mol. The van der Waals surface area contributed by atoms with Gasteiger partial charge in [0.05, 0.1) is 6.67 Å². The highest BCUT2D eigenvalue weighted by atomic mass is 15.4. The van der Waals surface area contributed by atoms with Gasteiger partial charge in [0.2, 0.25) is 0 Å². The van der Waals surface area contributed by atoms with Gasteiger partial charge in [-0.3, -0.25) is 0 Å². The van der Waals surface area contributed by atoms with Crippen LogP contribution in [-0.4, -0.2) is 6.67 Å². The zero-order valence-electron chi connectivity index (χ0n) is 17.6. The third kappa shape index (κ3) is 5.52. The molecule has 2 heterocycles. The van der Waals surface area contributed by atoms with E-state index in [1.165, 1.54) is 22.5 Å². The average molecular weight is 343 g/mol. The minimum atomic E-state index is 1.02. The van der Waals surface area contributed by atoms with Crippen LogP contribution in [0.15, 0.2) is 48.5 Å². The summed E-state index contributed by atoms with van der Waals surface area (Å²) >= 11 is 0. The van der Waals surface area contributed by atoms with Crippen LogP contribution in [0.1, 0.15) is 66.5 Å². The smallest absolute Gasteiger partial charge is 0.0910 e. The zero-order valence-corrected chi connectivity index (χ0v) is 17.6. The molecule has 0 fully saturated rings. The maximum Gasteiger partial charge on any atom is 0.0910 e. The number of hydrogen-bond donors (Lipinski definition) is 0. The van der Waals surface area contributed by atoms with Crippen LogP contribution < -0.4 is 9.80 Å². The van der Waals surface area contributed by atoms with Crippen LogP contribution in [0, 0.1) is 0 Å². The number of para-hydroxylation sites is 2. The van der Waals surface area contributed by atoms with Gasteiger partial charge in [-0.05, 0) is 23.3 Å². The molecule has 25 heavy (non-hydrogen) atoms. The normalized spacial score (nSPS) is 12.2. The predicted octanol–water partition coefficient (Wildman–Crippen LogP) is 7.09. The first-order valence-electron chi connectivity index (χ1n) is 10.1. The van der Waals surface area contributed by atoms with E-state index in [1.807, 2.05) is 55.4 Å². The second-order valence-corrected chi connectivity index (χ2v) is 4.79. The lowest BCUT2D eigenvalue weighted by Crippen LogP contribution is -2.46. The van der Waals surface area contributed by atoms with Crippen molar-refractivity contribution in [3.8, 4) is 0 Å². The average Bonchev–Trinajstić information content (AvgIpc) is 2.74. The van der Waals surface area contributed by atoms with E-state index in [-0.39, 0.29) is 0 Å². The Morgan fingerprint density at radius 1 is 0.520 bits per heavy atom. The van der Waals surface area contributed by atoms with Crippen molar-refractivity contribution in [1.29, 1.82) is 0 Å². The highest BCUT2D eigenvalue weighted by Crippen LogP contribution is 2.37. The summed E-state index contributed by atoms with van der Waals surface area (Å²) in [6.45, 7) is 19.1. The molecule has 0 aromatic heterocycles. The van der Waals surface area contributed by atoms with Crippen LogP contribution in [0.2, 0.25) is 0 Å². The van der Waals surface area contributed by atoms with E-state index in [0.29, 0.717) is 0 Å². The molecule has 0 saturated carbocycles. The first-order valence-corrected chi connectivity index (χ1v) is 10.1. The van der Waals surface area contributed by atoms with Crippen molar-refractivity contribution >= 4 is 11.4 Å². The predicted molar refractivity (Wildman–Crippen MR) is 116 cm³/mol. The Kier molecular flexibility index (Phi) is 12.3. The molecule has 0 saturated heterocycles. The van der Waals surface area contributed by atoms with Gasteiger partial charge in [0.1, 0.15) is 0 Å². The van der Waals surface area contributed by atoms with E-state index in [2.05, 4.69) is 58.3 Å². The fraction of sp³-hybridized carbons (Fsp3) is 0.478. The van der Waals surface area contributed by atoms with Crippen LogP contribution in [-0.2, 0) is 13.1 Å². The molecule has 0 radical (unpaired) electrons. The van der Waals surface area contributed by atoms with Gasteiger partial charge in [-0.25, -0.2) is 0 Å². The molecule has 2 aliphatic heterocycles. The molecule has 0 spiro atoms. The SMILES string of the molecule is CC.CC.CC.CC.c1ccc2c(c1)CN1CN2Cc2ccccc21. The molecule has 2 heteroatoms. The first kappa shape index (κ1) is 23.0. The molecule has 0 N–H and O–H groups in total. The van der Waals surface area contributed by atoms with Crippen molar-refractivity contribution in [2.24, 2.45) is 0 Å². The zero-order chi connectivity index (χ0) is 19.2. The largest absolute Gasteiger partial charge is 0.349 e. The number of anilines is 2. The van der Waals surface area contributed by atoms with Crippen molar-refractivity contribution in [2.45, 2.75) is 68.5 Å². The Labute approximate surface area is 156 Å². The molecule has 2 aromatic carbocycles. The molecule has 2 aromatic rings. The van der Waals surface area contributed by atoms with E-state index in [9.17, 15) is 0 Å². The Morgan fingerprint density at radius 3 is 1.20 bits per heavy atom. The van der Waals surface area contributed by atoms with Gasteiger partial charge in [0, 0.05) is 24.5 Å². The van der Waals surface area contributed by atoms with E-state index >= 15 is 0 Å². The molecule has 0 amide bonds. The van der Waals surface area contributed by atoms with E-state index in [1.54, 1.807) is 0 Å². The molecule has 140 valence electrons. The van der Waals surface area contributed by atoms with Gasteiger partial charge in [-0.1, -0.05) is 91.8 Å². The highest BCUT2D eigenvalue weighted by molar-refractivity contribution is 5.67. The molecule has 2 aliphatic rings. The molecule has 0 aliphatic carbocycles. The van der Waals surface area contributed by atoms with Crippen molar-refractivity contribution in [3.05, 3.63) is 59.7 Å². The van der Waals surface area contributed by atoms with Crippen LogP contribution >= 0.6 is 0 Å². The van der Waals surface area contributed by atoms with Gasteiger partial charge in [0.25, 0.3) is 0 Å². The number of rotatable bonds is 0. The van der Waals surface area contributed by atoms with E-state index in [4.69, 9.17) is 0 Å². The summed E-state index contributed by atoms with van der Waals surface area (Å²) in [5.41, 5.74) is 5.68. The van der Waals surface area contributed by atoms with Crippen molar-refractivity contribution in [2.75, 3.05) is 16.5 Å². The van der Waals surface area contributed by atoms with Gasteiger partial charge in [-0.15, -0.1) is 0 Å². The number of fused-ring (bicyclic) bond motifs is 6. The maximum atomic E-state index is 2.46. The molecule has 0 atom stereocenters.